The molecule has 0 fully saturated rings. The molecule has 2 N–H and O–H groups in total. The fraction of sp³-hybridized carbons (Fsp3) is 0.133. The Morgan fingerprint density at radius 2 is 1.81 bits per heavy atom. The van der Waals surface area contributed by atoms with Gasteiger partial charge in [-0.15, -0.1) is 0 Å². The standard InChI is InChI=1S/C15H13F3N2O/c1-8-3-6-12(11(17)7-8)20-14-9(15(19)21-2)4-5-10(16)13(14)18/h3-7,19-20H,1-2H3. The van der Waals surface area contributed by atoms with Crippen molar-refractivity contribution in [3.8, 4) is 0 Å². The van der Waals surface area contributed by atoms with E-state index in [0.29, 0.717) is 5.56 Å². The maximum Gasteiger partial charge on any atom is 0.215 e. The molecule has 0 unspecified atom stereocenters. The van der Waals surface area contributed by atoms with Gasteiger partial charge in [0.1, 0.15) is 5.82 Å². The zero-order valence-electron chi connectivity index (χ0n) is 11.4. The van der Waals surface area contributed by atoms with E-state index in [1.165, 1.54) is 25.3 Å². The first-order chi connectivity index (χ1) is 9.93. The van der Waals surface area contributed by atoms with Crippen LogP contribution in [0.25, 0.3) is 0 Å². The van der Waals surface area contributed by atoms with Crippen LogP contribution in [0.4, 0.5) is 24.5 Å². The Balaban J connectivity index is 2.51. The van der Waals surface area contributed by atoms with Crippen molar-refractivity contribution in [2.75, 3.05) is 12.4 Å². The van der Waals surface area contributed by atoms with Crippen LogP contribution in [0, 0.1) is 29.8 Å². The molecule has 0 radical (unpaired) electrons. The molecule has 110 valence electrons. The first-order valence-electron chi connectivity index (χ1n) is 6.08. The lowest BCUT2D eigenvalue weighted by atomic mass is 10.1. The summed E-state index contributed by atoms with van der Waals surface area (Å²) in [5, 5.41) is 10.1. The van der Waals surface area contributed by atoms with Crippen molar-refractivity contribution in [3.05, 3.63) is 58.9 Å². The summed E-state index contributed by atoms with van der Waals surface area (Å²) in [6, 6.07) is 6.38. The van der Waals surface area contributed by atoms with Crippen molar-refractivity contribution in [3.63, 3.8) is 0 Å². The van der Waals surface area contributed by atoms with Crippen molar-refractivity contribution in [1.82, 2.24) is 0 Å². The zero-order valence-corrected chi connectivity index (χ0v) is 11.4. The minimum Gasteiger partial charge on any atom is -0.481 e. The van der Waals surface area contributed by atoms with Crippen molar-refractivity contribution >= 4 is 17.3 Å². The van der Waals surface area contributed by atoms with Crippen LogP contribution in [0.2, 0.25) is 0 Å². The van der Waals surface area contributed by atoms with Crippen molar-refractivity contribution in [2.45, 2.75) is 6.92 Å². The van der Waals surface area contributed by atoms with E-state index in [9.17, 15) is 13.2 Å². The number of nitrogens with one attached hydrogen (secondary N) is 2. The predicted octanol–water partition coefficient (Wildman–Crippen LogP) is 4.13. The first-order valence-corrected chi connectivity index (χ1v) is 6.08. The molecule has 21 heavy (non-hydrogen) atoms. The molecule has 0 atom stereocenters. The summed E-state index contributed by atoms with van der Waals surface area (Å²) < 4.78 is 45.9. The molecule has 2 aromatic rings. The molecule has 0 amide bonds. The average Bonchev–Trinajstić information content (AvgIpc) is 2.45. The number of rotatable bonds is 3. The molecular weight excluding hydrogens is 281 g/mol. The summed E-state index contributed by atoms with van der Waals surface area (Å²) >= 11 is 0. The number of halogens is 3. The van der Waals surface area contributed by atoms with Crippen molar-refractivity contribution in [2.24, 2.45) is 0 Å². The largest absolute Gasteiger partial charge is 0.481 e. The summed E-state index contributed by atoms with van der Waals surface area (Å²) in [5.41, 5.74) is 0.332. The Kier molecular flexibility index (Phi) is 4.16. The maximum absolute atomic E-state index is 13.9. The van der Waals surface area contributed by atoms with Crippen LogP contribution in [-0.4, -0.2) is 13.0 Å². The second-order valence-electron chi connectivity index (χ2n) is 4.43. The fourth-order valence-electron chi connectivity index (χ4n) is 1.83. The highest BCUT2D eigenvalue weighted by molar-refractivity contribution is 5.98. The lowest BCUT2D eigenvalue weighted by Gasteiger charge is -2.14. The Morgan fingerprint density at radius 3 is 2.43 bits per heavy atom. The molecule has 2 aromatic carbocycles. The van der Waals surface area contributed by atoms with Gasteiger partial charge in [0.05, 0.1) is 24.0 Å². The van der Waals surface area contributed by atoms with Crippen LogP contribution >= 0.6 is 0 Å². The zero-order chi connectivity index (χ0) is 15.6. The summed E-state index contributed by atoms with van der Waals surface area (Å²) in [6.07, 6.45) is 0. The van der Waals surface area contributed by atoms with Gasteiger partial charge in [0.2, 0.25) is 5.90 Å². The van der Waals surface area contributed by atoms with Crippen LogP contribution in [0.3, 0.4) is 0 Å². The Hall–Kier alpha value is -2.50. The molecule has 3 nitrogen and oxygen atoms in total. The summed E-state index contributed by atoms with van der Waals surface area (Å²) in [4.78, 5) is 0. The van der Waals surface area contributed by atoms with E-state index in [0.717, 1.165) is 6.07 Å². The van der Waals surface area contributed by atoms with Gasteiger partial charge in [-0.2, -0.15) is 0 Å². The lowest BCUT2D eigenvalue weighted by Crippen LogP contribution is -2.09. The van der Waals surface area contributed by atoms with Gasteiger partial charge in [0.25, 0.3) is 0 Å². The molecule has 6 heteroatoms. The van der Waals surface area contributed by atoms with Gasteiger partial charge >= 0.3 is 0 Å². The number of benzene rings is 2. The highest BCUT2D eigenvalue weighted by atomic mass is 19.2. The van der Waals surface area contributed by atoms with E-state index in [1.807, 2.05) is 0 Å². The topological polar surface area (TPSA) is 45.1 Å². The molecule has 0 aliphatic carbocycles. The van der Waals surface area contributed by atoms with E-state index in [-0.39, 0.29) is 22.8 Å². The van der Waals surface area contributed by atoms with Crippen LogP contribution in [0.15, 0.2) is 30.3 Å². The maximum atomic E-state index is 13.9. The molecule has 0 bridgehead atoms. The number of anilines is 2. The van der Waals surface area contributed by atoms with Crippen LogP contribution in [0.5, 0.6) is 0 Å². The number of ether oxygens (including phenoxy) is 1. The molecule has 0 aliphatic heterocycles. The van der Waals surface area contributed by atoms with E-state index in [4.69, 9.17) is 10.1 Å². The van der Waals surface area contributed by atoms with E-state index in [1.54, 1.807) is 13.0 Å². The normalized spacial score (nSPS) is 10.3. The van der Waals surface area contributed by atoms with E-state index >= 15 is 0 Å². The molecule has 0 aromatic heterocycles. The van der Waals surface area contributed by atoms with E-state index < -0.39 is 17.5 Å². The SMILES string of the molecule is COC(=N)c1ccc(F)c(F)c1Nc1ccc(C)cc1F. The number of aryl methyl sites for hydroxylation is 1. The highest BCUT2D eigenvalue weighted by Crippen LogP contribution is 2.28. The molecular formula is C15H13F3N2O. The first kappa shape index (κ1) is 14.9. The van der Waals surface area contributed by atoms with Crippen LogP contribution in [0.1, 0.15) is 11.1 Å². The van der Waals surface area contributed by atoms with E-state index in [2.05, 4.69) is 5.32 Å². The Bertz CT molecular complexity index is 702. The van der Waals surface area contributed by atoms with Gasteiger partial charge in [0.15, 0.2) is 11.6 Å². The quantitative estimate of drug-likeness (QED) is 0.660. The summed E-state index contributed by atoms with van der Waals surface area (Å²) in [7, 11) is 1.24. The van der Waals surface area contributed by atoms with Gasteiger partial charge in [-0.1, -0.05) is 6.07 Å². The third kappa shape index (κ3) is 2.99. The molecule has 0 spiro atoms. The van der Waals surface area contributed by atoms with Crippen molar-refractivity contribution in [1.29, 1.82) is 5.41 Å². The Morgan fingerprint density at radius 1 is 1.10 bits per heavy atom. The van der Waals surface area contributed by atoms with Crippen LogP contribution in [-0.2, 0) is 4.74 Å². The smallest absolute Gasteiger partial charge is 0.215 e. The minimum atomic E-state index is -1.20. The van der Waals surface area contributed by atoms with Gasteiger partial charge in [0, 0.05) is 0 Å². The lowest BCUT2D eigenvalue weighted by molar-refractivity contribution is 0.400. The summed E-state index contributed by atoms with van der Waals surface area (Å²) in [6.45, 7) is 1.71. The Labute approximate surface area is 119 Å². The second kappa shape index (κ2) is 5.87. The monoisotopic (exact) mass is 294 g/mol. The fourth-order valence-corrected chi connectivity index (χ4v) is 1.83. The minimum absolute atomic E-state index is 0.00336. The molecule has 2 rings (SSSR count). The predicted molar refractivity (Wildman–Crippen MR) is 74.6 cm³/mol. The van der Waals surface area contributed by atoms with Gasteiger partial charge in [-0.05, 0) is 36.8 Å². The van der Waals surface area contributed by atoms with Crippen molar-refractivity contribution < 1.29 is 17.9 Å². The summed E-state index contributed by atoms with van der Waals surface area (Å²) in [5.74, 6) is -3.26. The third-order valence-electron chi connectivity index (χ3n) is 2.93. The van der Waals surface area contributed by atoms with Gasteiger partial charge in [-0.3, -0.25) is 5.41 Å². The molecule has 0 aliphatic rings. The molecule has 0 saturated heterocycles. The number of hydrogen-bond acceptors (Lipinski definition) is 3. The molecule has 0 saturated carbocycles. The average molecular weight is 294 g/mol. The number of hydrogen-bond donors (Lipinski definition) is 2. The highest BCUT2D eigenvalue weighted by Gasteiger charge is 2.18. The second-order valence-corrected chi connectivity index (χ2v) is 4.43. The number of methoxy groups -OCH3 is 1. The van der Waals surface area contributed by atoms with Gasteiger partial charge in [-0.25, -0.2) is 13.2 Å². The molecule has 0 heterocycles. The van der Waals surface area contributed by atoms with Crippen LogP contribution < -0.4 is 5.32 Å². The van der Waals surface area contributed by atoms with Gasteiger partial charge < -0.3 is 10.1 Å². The third-order valence-corrected chi connectivity index (χ3v) is 2.93.